The third-order valence-electron chi connectivity index (χ3n) is 10.6. The Bertz CT molecular complexity index is 480. The quantitative estimate of drug-likeness (QED) is 0.427. The SMILES string of the molecule is CC.CC.CCC1CCC2C1(C)CCC1C2(C)CCC2(C)CCCCC12C. The first-order chi connectivity index (χ1) is 12.8. The van der Waals surface area contributed by atoms with Crippen molar-refractivity contribution in [2.75, 3.05) is 0 Å². The molecule has 0 N–H and O–H groups in total. The topological polar surface area (TPSA) is 0 Å². The number of hydrogen-bond acceptors (Lipinski definition) is 0. The van der Waals surface area contributed by atoms with Crippen LogP contribution in [0, 0.1) is 39.4 Å². The van der Waals surface area contributed by atoms with Gasteiger partial charge in [0.1, 0.15) is 0 Å². The number of rotatable bonds is 1. The first kappa shape index (κ1) is 23.3. The zero-order valence-corrected chi connectivity index (χ0v) is 20.5. The molecule has 7 unspecified atom stereocenters. The Balaban J connectivity index is 0.000000614. The first-order valence-corrected chi connectivity index (χ1v) is 12.8. The van der Waals surface area contributed by atoms with Gasteiger partial charge in [-0.2, -0.15) is 0 Å². The van der Waals surface area contributed by atoms with Crippen molar-refractivity contribution in [2.45, 2.75) is 133 Å². The van der Waals surface area contributed by atoms with Crippen LogP contribution in [0.2, 0.25) is 0 Å². The van der Waals surface area contributed by atoms with Gasteiger partial charge in [-0.15, -0.1) is 0 Å². The fraction of sp³-hybridized carbons (Fsp3) is 1.00. The molecular weight excluding hydrogens is 324 g/mol. The minimum absolute atomic E-state index is 0.629. The first-order valence-electron chi connectivity index (χ1n) is 12.8. The van der Waals surface area contributed by atoms with Gasteiger partial charge in [0, 0.05) is 0 Å². The Hall–Kier alpha value is 0. The smallest absolute Gasteiger partial charge is 0.0238 e. The van der Waals surface area contributed by atoms with E-state index in [9.17, 15) is 0 Å². The largest absolute Gasteiger partial charge is 0.0683 e. The van der Waals surface area contributed by atoms with Crippen molar-refractivity contribution in [3.63, 3.8) is 0 Å². The maximum absolute atomic E-state index is 2.75. The Morgan fingerprint density at radius 2 is 1.26 bits per heavy atom. The average molecular weight is 377 g/mol. The van der Waals surface area contributed by atoms with Crippen molar-refractivity contribution >= 4 is 0 Å². The zero-order valence-electron chi connectivity index (χ0n) is 20.5. The average Bonchev–Trinajstić information content (AvgIpc) is 3.03. The van der Waals surface area contributed by atoms with Gasteiger partial charge in [-0.3, -0.25) is 0 Å². The van der Waals surface area contributed by atoms with E-state index in [1.807, 2.05) is 27.7 Å². The van der Waals surface area contributed by atoms with E-state index in [1.54, 1.807) is 0 Å². The lowest BCUT2D eigenvalue weighted by Gasteiger charge is -2.69. The van der Waals surface area contributed by atoms with E-state index in [-0.39, 0.29) is 0 Å². The van der Waals surface area contributed by atoms with Crippen LogP contribution < -0.4 is 0 Å². The summed E-state index contributed by atoms with van der Waals surface area (Å²) in [5.74, 6) is 3.03. The van der Waals surface area contributed by atoms with Crippen LogP contribution in [0.15, 0.2) is 0 Å². The predicted octanol–water partition coefficient (Wildman–Crippen LogP) is 9.28. The lowest BCUT2D eigenvalue weighted by molar-refractivity contribution is -0.196. The third-order valence-corrected chi connectivity index (χ3v) is 10.6. The summed E-state index contributed by atoms with van der Waals surface area (Å²) in [7, 11) is 0. The van der Waals surface area contributed by atoms with Gasteiger partial charge >= 0.3 is 0 Å². The minimum Gasteiger partial charge on any atom is -0.0683 e. The van der Waals surface area contributed by atoms with Gasteiger partial charge in [0.15, 0.2) is 0 Å². The van der Waals surface area contributed by atoms with Crippen LogP contribution >= 0.6 is 0 Å². The standard InChI is InChI=1S/C23H40.2C2H6/c1-6-17-9-10-18-21(17,3)14-11-19-22(18,4)16-15-20(2)12-7-8-13-23(19,20)5;2*1-2/h17-19H,6-16H2,1-5H3;2*1-2H3. The van der Waals surface area contributed by atoms with Crippen molar-refractivity contribution in [1.29, 1.82) is 0 Å². The number of fused-ring (bicyclic) bond motifs is 5. The zero-order chi connectivity index (χ0) is 20.5. The van der Waals surface area contributed by atoms with Gasteiger partial charge < -0.3 is 0 Å². The molecule has 0 heteroatoms. The molecule has 4 rings (SSSR count). The summed E-state index contributed by atoms with van der Waals surface area (Å²) in [5, 5.41) is 0. The Kier molecular flexibility index (Phi) is 7.24. The van der Waals surface area contributed by atoms with Gasteiger partial charge in [0.2, 0.25) is 0 Å². The van der Waals surface area contributed by atoms with Gasteiger partial charge in [0.25, 0.3) is 0 Å². The molecule has 160 valence electrons. The second kappa shape index (κ2) is 8.39. The van der Waals surface area contributed by atoms with Crippen LogP contribution in [0.1, 0.15) is 133 Å². The molecule has 0 aromatic rings. The fourth-order valence-corrected chi connectivity index (χ4v) is 9.01. The molecule has 4 saturated carbocycles. The lowest BCUT2D eigenvalue weighted by Crippen LogP contribution is -2.61. The predicted molar refractivity (Wildman–Crippen MR) is 122 cm³/mol. The highest BCUT2D eigenvalue weighted by atomic mass is 14.7. The van der Waals surface area contributed by atoms with Gasteiger partial charge in [-0.05, 0) is 90.8 Å². The molecule has 27 heavy (non-hydrogen) atoms. The van der Waals surface area contributed by atoms with E-state index < -0.39 is 0 Å². The van der Waals surface area contributed by atoms with E-state index >= 15 is 0 Å². The van der Waals surface area contributed by atoms with Crippen LogP contribution in [0.3, 0.4) is 0 Å². The van der Waals surface area contributed by atoms with Crippen molar-refractivity contribution in [1.82, 2.24) is 0 Å². The summed E-state index contributed by atoms with van der Waals surface area (Å²) in [4.78, 5) is 0. The molecule has 0 heterocycles. The monoisotopic (exact) mass is 376 g/mol. The molecule has 4 aliphatic rings. The van der Waals surface area contributed by atoms with Crippen LogP contribution in [-0.2, 0) is 0 Å². The highest BCUT2D eigenvalue weighted by Gasteiger charge is 2.66. The van der Waals surface area contributed by atoms with Crippen LogP contribution in [0.25, 0.3) is 0 Å². The molecular formula is C27H52. The molecule has 0 bridgehead atoms. The fourth-order valence-electron chi connectivity index (χ4n) is 9.01. The van der Waals surface area contributed by atoms with Crippen LogP contribution in [0.4, 0.5) is 0 Å². The van der Waals surface area contributed by atoms with Crippen molar-refractivity contribution in [3.05, 3.63) is 0 Å². The number of hydrogen-bond donors (Lipinski definition) is 0. The summed E-state index contributed by atoms with van der Waals surface area (Å²) < 4.78 is 0. The van der Waals surface area contributed by atoms with E-state index in [1.165, 1.54) is 70.6 Å². The molecule has 0 nitrogen and oxygen atoms in total. The van der Waals surface area contributed by atoms with E-state index in [0.717, 1.165) is 17.8 Å². The van der Waals surface area contributed by atoms with E-state index in [0.29, 0.717) is 21.7 Å². The summed E-state index contributed by atoms with van der Waals surface area (Å²) in [5.41, 5.74) is 2.58. The molecule has 0 aromatic heterocycles. The maximum Gasteiger partial charge on any atom is -0.0238 e. The molecule has 0 aliphatic heterocycles. The lowest BCUT2D eigenvalue weighted by atomic mass is 9.36. The summed E-state index contributed by atoms with van der Waals surface area (Å²) in [6.07, 6.45) is 16.6. The van der Waals surface area contributed by atoms with E-state index in [4.69, 9.17) is 0 Å². The molecule has 0 amide bonds. The molecule has 0 spiro atoms. The van der Waals surface area contributed by atoms with Crippen molar-refractivity contribution in [2.24, 2.45) is 39.4 Å². The van der Waals surface area contributed by atoms with Gasteiger partial charge in [0.05, 0.1) is 0 Å². The second-order valence-corrected chi connectivity index (χ2v) is 11.0. The van der Waals surface area contributed by atoms with Crippen LogP contribution in [0.5, 0.6) is 0 Å². The van der Waals surface area contributed by atoms with Gasteiger partial charge in [-0.1, -0.05) is 81.6 Å². The Morgan fingerprint density at radius 3 is 1.89 bits per heavy atom. The second-order valence-electron chi connectivity index (χ2n) is 11.0. The third kappa shape index (κ3) is 3.24. The highest BCUT2D eigenvalue weighted by Crippen LogP contribution is 2.75. The van der Waals surface area contributed by atoms with Gasteiger partial charge in [-0.25, -0.2) is 0 Å². The Labute approximate surface area is 172 Å². The molecule has 0 saturated heterocycles. The highest BCUT2D eigenvalue weighted by molar-refractivity contribution is 5.15. The summed E-state index contributed by atoms with van der Waals surface area (Å²) in [6, 6.07) is 0. The minimum atomic E-state index is 0.629. The summed E-state index contributed by atoms with van der Waals surface area (Å²) >= 11 is 0. The molecule has 0 radical (unpaired) electrons. The molecule has 4 aliphatic carbocycles. The van der Waals surface area contributed by atoms with E-state index in [2.05, 4.69) is 34.6 Å². The van der Waals surface area contributed by atoms with Crippen molar-refractivity contribution in [3.8, 4) is 0 Å². The van der Waals surface area contributed by atoms with Crippen LogP contribution in [-0.4, -0.2) is 0 Å². The summed E-state index contributed by atoms with van der Waals surface area (Å²) in [6.45, 7) is 21.3. The molecule has 0 aromatic carbocycles. The Morgan fingerprint density at radius 1 is 0.630 bits per heavy atom. The normalized spacial score (nSPS) is 50.8. The molecule has 4 fully saturated rings. The maximum atomic E-state index is 2.75. The van der Waals surface area contributed by atoms with Crippen molar-refractivity contribution < 1.29 is 0 Å². The molecule has 7 atom stereocenters.